The Hall–Kier alpha value is -15.2. The van der Waals surface area contributed by atoms with Crippen LogP contribution in [0.1, 0.15) is 66.4 Å². The SMILES string of the molecule is [2H]c1c([2H])c([2H])c2c(c1[2H])c1c([2H])c([2H])c([2H])c([2H])c1n2-c1ccc2c(c1)Sc1cc(-c3ccc4c(c3)c3ccccc3n4-c3ccccc3)cc3c1B2c1ccc(-n2c4c([2H])c([2H])c([2H])c([2H])c4c4c([2H])c([2H])c([2H])c([2H])c42)cc1N3c1c(-c2ccc3c(c2)-c2ccccc2C3(c2ccccc2)c2ccccc2)cccc1-c1ccc2c(c1)-c1ccccc1C2(c1ccccc1)c1ccccc1. The molecule has 566 valence electrons. The summed E-state index contributed by atoms with van der Waals surface area (Å²) in [5, 5.41) is 1.74. The highest BCUT2D eigenvalue weighted by Crippen LogP contribution is 2.61. The lowest BCUT2D eigenvalue weighted by Crippen LogP contribution is -2.60. The summed E-state index contributed by atoms with van der Waals surface area (Å²) >= 11 is 1.51. The monoisotopic (exact) mass is 1580 g/mol. The topological polar surface area (TPSA) is 18.0 Å². The van der Waals surface area contributed by atoms with Crippen LogP contribution in [0, 0.1) is 0 Å². The molecular weight excluding hydrogens is 1490 g/mol. The molecule has 5 heterocycles. The summed E-state index contributed by atoms with van der Waals surface area (Å²) in [5.41, 5.74) is 24.4. The van der Waals surface area contributed by atoms with Gasteiger partial charge in [-0.2, -0.15) is 0 Å². The van der Waals surface area contributed by atoms with Crippen LogP contribution in [0.4, 0.5) is 17.1 Å². The van der Waals surface area contributed by atoms with Crippen LogP contribution in [0.2, 0.25) is 0 Å². The van der Waals surface area contributed by atoms with Crippen LogP contribution in [0.25, 0.3) is 138 Å². The van der Waals surface area contributed by atoms with Gasteiger partial charge in [-0.1, -0.05) is 357 Å². The molecule has 3 aromatic heterocycles. The summed E-state index contributed by atoms with van der Waals surface area (Å²) in [6.45, 7) is -0.724. The van der Waals surface area contributed by atoms with E-state index >= 15 is 0 Å². The third-order valence-electron chi connectivity index (χ3n) is 26.1. The molecule has 0 amide bonds. The first-order valence-electron chi connectivity index (χ1n) is 49.1. The van der Waals surface area contributed by atoms with E-state index in [0.29, 0.717) is 22.0 Å². The Kier molecular flexibility index (Phi) is 12.0. The first-order valence-corrected chi connectivity index (χ1v) is 41.9. The van der Waals surface area contributed by atoms with Crippen LogP contribution in [-0.4, -0.2) is 20.4 Å². The van der Waals surface area contributed by atoms with Crippen molar-refractivity contribution in [3.8, 4) is 72.7 Å². The maximum absolute atomic E-state index is 10.1. The number of para-hydroxylation sites is 7. The Morgan fingerprint density at radius 3 is 1.19 bits per heavy atom. The third kappa shape index (κ3) is 9.72. The van der Waals surface area contributed by atoms with Crippen LogP contribution in [0.3, 0.4) is 0 Å². The molecule has 0 atom stereocenters. The van der Waals surface area contributed by atoms with Crippen molar-refractivity contribution in [1.82, 2.24) is 13.7 Å². The van der Waals surface area contributed by atoms with Crippen molar-refractivity contribution in [2.75, 3.05) is 4.90 Å². The van der Waals surface area contributed by atoms with Gasteiger partial charge in [-0.25, -0.2) is 0 Å². The van der Waals surface area contributed by atoms with Gasteiger partial charge in [0.25, 0.3) is 0 Å². The molecule has 0 saturated carbocycles. The van der Waals surface area contributed by atoms with E-state index in [1.54, 1.807) is 9.13 Å². The normalized spacial score (nSPS) is 15.5. The summed E-state index contributed by atoms with van der Waals surface area (Å²) < 4.78 is 158. The van der Waals surface area contributed by atoms with E-state index in [1.165, 1.54) is 11.8 Å². The lowest BCUT2D eigenvalue weighted by molar-refractivity contribution is 0.768. The summed E-state index contributed by atoms with van der Waals surface area (Å²) in [7, 11) is 0. The zero-order valence-electron chi connectivity index (χ0n) is 81.2. The summed E-state index contributed by atoms with van der Waals surface area (Å²) in [6.07, 6.45) is 0. The van der Waals surface area contributed by atoms with Crippen molar-refractivity contribution in [3.05, 3.63) is 487 Å². The molecule has 0 saturated heterocycles. The van der Waals surface area contributed by atoms with Crippen LogP contribution < -0.4 is 21.3 Å². The molecule has 6 heteroatoms. The largest absolute Gasteiger partial charge is 0.310 e. The number of benzene rings is 19. The number of hydrogen-bond donors (Lipinski definition) is 0. The minimum atomic E-state index is -0.777. The number of rotatable bonds is 11. The predicted molar refractivity (Wildman–Crippen MR) is 510 cm³/mol. The number of hydrogen-bond acceptors (Lipinski definition) is 2. The van der Waals surface area contributed by atoms with Crippen molar-refractivity contribution in [3.63, 3.8) is 0 Å². The second kappa shape index (κ2) is 26.7. The van der Waals surface area contributed by atoms with E-state index in [1.807, 2.05) is 54.6 Å². The van der Waals surface area contributed by atoms with Crippen LogP contribution in [0.15, 0.2) is 452 Å². The highest BCUT2D eigenvalue weighted by molar-refractivity contribution is 8.00. The zero-order valence-corrected chi connectivity index (χ0v) is 66.0. The Morgan fingerprint density at radius 2 is 0.664 bits per heavy atom. The van der Waals surface area contributed by atoms with E-state index in [9.17, 15) is 19.2 Å². The maximum Gasteiger partial charge on any atom is 0.249 e. The van der Waals surface area contributed by atoms with Gasteiger partial charge < -0.3 is 18.6 Å². The van der Waals surface area contributed by atoms with Crippen LogP contribution in [-0.2, 0) is 10.8 Å². The lowest BCUT2D eigenvalue weighted by atomic mass is 9.34. The molecule has 4 aliphatic rings. The minimum Gasteiger partial charge on any atom is -0.310 e. The molecule has 4 nitrogen and oxygen atoms in total. The second-order valence-corrected chi connectivity index (χ2v) is 33.1. The molecule has 0 radical (unpaired) electrons. The number of aromatic nitrogens is 3. The minimum absolute atomic E-state index is 0.0308. The Bertz CT molecular complexity index is 8730. The Labute approximate surface area is 734 Å². The van der Waals surface area contributed by atoms with Gasteiger partial charge in [-0.3, -0.25) is 0 Å². The molecular formula is C116H73BN4S. The highest BCUT2D eigenvalue weighted by atomic mass is 32.2. The summed E-state index contributed by atoms with van der Waals surface area (Å²) in [4.78, 5) is 3.90. The van der Waals surface area contributed by atoms with Gasteiger partial charge >= 0.3 is 0 Å². The van der Waals surface area contributed by atoms with Crippen LogP contribution >= 0.6 is 11.8 Å². The first kappa shape index (κ1) is 54.7. The summed E-state index contributed by atoms with van der Waals surface area (Å²) in [6, 6.07) is 114. The third-order valence-corrected chi connectivity index (χ3v) is 27.3. The predicted octanol–water partition coefficient (Wildman–Crippen LogP) is 27.5. The van der Waals surface area contributed by atoms with Crippen molar-refractivity contribution < 1.29 is 21.9 Å². The number of anilines is 3. The molecule has 0 fully saturated rings. The molecule has 2 aliphatic heterocycles. The highest BCUT2D eigenvalue weighted by Gasteiger charge is 2.49. The van der Waals surface area contributed by atoms with Crippen molar-refractivity contribution in [2.24, 2.45) is 0 Å². The number of fused-ring (bicyclic) bond motifs is 19. The van der Waals surface area contributed by atoms with E-state index in [-0.39, 0.29) is 43.6 Å². The van der Waals surface area contributed by atoms with E-state index in [0.717, 1.165) is 160 Å². The summed E-state index contributed by atoms with van der Waals surface area (Å²) in [5.74, 6) is 0. The smallest absolute Gasteiger partial charge is 0.249 e. The maximum atomic E-state index is 10.1. The molecule has 0 unspecified atom stereocenters. The molecule has 0 bridgehead atoms. The standard InChI is InChI=1S/C116H73BN4S/c1-6-31-78(32-7-1)115(79-33-8-2-9-34-79)97-50-23-16-41-87(97)94-68-75(57-62-99(94)115)85-48-30-49-86(76-58-63-100-95(69-76)88-42-17-24-51-98(88)116(100,80-35-10-3-11-36-80)81-37-12-4-13-38-81)114(85)121-109-72-83(119-103-52-25-18-43-89(103)90-44-19-26-53-104(90)119)60-64-101(109)117-102-65-61-84(120-105-54-27-20-45-91(105)92-46-21-28-55-106(92)120)73-111(102)122-112-71-77(70-110(121)113(112)117)74-59-66-108-96(67-74)93-47-22-29-56-107(93)118(108)82-39-14-5-15-40-82/h1-73H/i18D,19D,20D,21D,25D,26D,27D,28D,43D,44D,45D,46D,52D,53D,54D,55D. The van der Waals surface area contributed by atoms with E-state index in [4.69, 9.17) is 2.74 Å². The fourth-order valence-electron chi connectivity index (χ4n) is 21.3. The van der Waals surface area contributed by atoms with Gasteiger partial charge in [0.15, 0.2) is 0 Å². The molecule has 19 aromatic carbocycles. The average molecular weight is 1580 g/mol. The Morgan fingerprint density at radius 1 is 0.246 bits per heavy atom. The van der Waals surface area contributed by atoms with Crippen molar-refractivity contribution >= 4 is 117 Å². The molecule has 122 heavy (non-hydrogen) atoms. The average Bonchev–Trinajstić information content (AvgIpc) is 0.853. The Balaban J connectivity index is 0.814. The van der Waals surface area contributed by atoms with Gasteiger partial charge in [-0.15, -0.1) is 0 Å². The molecule has 22 aromatic rings. The fraction of sp³-hybridized carbons (Fsp3) is 0.0172. The second-order valence-electron chi connectivity index (χ2n) is 32.0. The molecule has 0 spiro atoms. The molecule has 0 N–H and O–H groups in total. The van der Waals surface area contributed by atoms with Gasteiger partial charge in [-0.05, 0) is 203 Å². The van der Waals surface area contributed by atoms with Gasteiger partial charge in [0.05, 0.1) is 71.5 Å². The van der Waals surface area contributed by atoms with Crippen LogP contribution in [0.5, 0.6) is 0 Å². The van der Waals surface area contributed by atoms with Crippen molar-refractivity contribution in [2.45, 2.75) is 20.6 Å². The van der Waals surface area contributed by atoms with E-state index in [2.05, 4.69) is 301 Å². The van der Waals surface area contributed by atoms with Crippen molar-refractivity contribution in [1.29, 1.82) is 0 Å². The van der Waals surface area contributed by atoms with E-state index < -0.39 is 114 Å². The number of nitrogens with zero attached hydrogens (tertiary/aromatic N) is 4. The van der Waals surface area contributed by atoms with Gasteiger partial charge in [0, 0.05) is 81.7 Å². The first-order chi connectivity index (χ1) is 67.2. The molecule has 2 aliphatic carbocycles. The fourth-order valence-corrected chi connectivity index (χ4v) is 22.5. The molecule has 26 rings (SSSR count). The lowest BCUT2D eigenvalue weighted by Gasteiger charge is -2.42. The van der Waals surface area contributed by atoms with Gasteiger partial charge in [0.1, 0.15) is 0 Å². The van der Waals surface area contributed by atoms with Gasteiger partial charge in [0.2, 0.25) is 6.71 Å². The zero-order chi connectivity index (χ0) is 93.8. The quantitative estimate of drug-likeness (QED) is 0.120.